The Hall–Kier alpha value is -7.16. The van der Waals surface area contributed by atoms with E-state index in [0.717, 1.165) is 11.4 Å². The molecule has 0 saturated carbocycles. The van der Waals surface area contributed by atoms with Crippen LogP contribution in [0.1, 0.15) is 11.1 Å². The summed E-state index contributed by atoms with van der Waals surface area (Å²) in [6.45, 7) is 0. The van der Waals surface area contributed by atoms with Crippen molar-refractivity contribution in [2.75, 3.05) is 4.90 Å². The molecule has 0 N–H and O–H groups in total. The molecule has 0 unspecified atom stereocenters. The highest BCUT2D eigenvalue weighted by atomic mass is 15.1. The van der Waals surface area contributed by atoms with Gasteiger partial charge in [0.1, 0.15) is 0 Å². The van der Waals surface area contributed by atoms with E-state index in [0.29, 0.717) is 0 Å². The molecule has 0 bridgehead atoms. The molecule has 0 atom stereocenters. The third-order valence-electron chi connectivity index (χ3n) is 11.0. The molecule has 0 amide bonds. The maximum Gasteiger partial charge on any atom is 0.0553 e. The lowest BCUT2D eigenvalue weighted by Crippen LogP contribution is -2.10. The topological polar surface area (TPSA) is 8.17 Å². The average molecular weight is 687 g/mol. The second-order valence-corrected chi connectivity index (χ2v) is 14.2. The Morgan fingerprint density at radius 1 is 0.352 bits per heavy atom. The van der Waals surface area contributed by atoms with Gasteiger partial charge in [0.15, 0.2) is 0 Å². The third kappa shape index (κ3) is 4.88. The Bertz CT molecular complexity index is 3210. The van der Waals surface area contributed by atoms with E-state index in [1.54, 1.807) is 0 Å². The van der Waals surface area contributed by atoms with Crippen molar-refractivity contribution in [3.8, 4) is 5.69 Å². The van der Waals surface area contributed by atoms with Gasteiger partial charge >= 0.3 is 0 Å². The van der Waals surface area contributed by atoms with Crippen molar-refractivity contribution in [2.45, 2.75) is 0 Å². The lowest BCUT2D eigenvalue weighted by molar-refractivity contribution is 1.18. The van der Waals surface area contributed by atoms with Gasteiger partial charge < -0.3 is 9.47 Å². The van der Waals surface area contributed by atoms with Crippen LogP contribution < -0.4 is 4.90 Å². The van der Waals surface area contributed by atoms with Gasteiger partial charge in [0, 0.05) is 33.2 Å². The standard InChI is InChI=1S/C52H34N2/c1-3-14-42(15-4-1)53(49-34-40-12-7-8-18-45(40)46-19-9-10-20-47(46)49)44-29-28-38-30-35(24-25-39(38)33-44)22-23-36-31-41-27-26-37-13-11-21-48-51(37)52(41)50(32-36)54(48)43-16-5-2-6-17-43/h1-34H/b23-22+. The Morgan fingerprint density at radius 3 is 1.85 bits per heavy atom. The Kier molecular flexibility index (Phi) is 6.90. The summed E-state index contributed by atoms with van der Waals surface area (Å²) in [4.78, 5) is 2.40. The lowest BCUT2D eigenvalue weighted by Gasteiger charge is -2.28. The zero-order valence-electron chi connectivity index (χ0n) is 29.5. The van der Waals surface area contributed by atoms with Gasteiger partial charge in [0.2, 0.25) is 0 Å². The minimum atomic E-state index is 1.13. The van der Waals surface area contributed by atoms with E-state index in [1.165, 1.54) is 87.4 Å². The van der Waals surface area contributed by atoms with Crippen molar-refractivity contribution in [2.24, 2.45) is 0 Å². The molecule has 11 aromatic rings. The maximum atomic E-state index is 2.41. The predicted octanol–water partition coefficient (Wildman–Crippen LogP) is 14.5. The molecule has 0 aliphatic rings. The largest absolute Gasteiger partial charge is 0.310 e. The molecule has 0 aliphatic carbocycles. The number of rotatable bonds is 6. The van der Waals surface area contributed by atoms with Crippen LogP contribution in [0.3, 0.4) is 0 Å². The van der Waals surface area contributed by atoms with Gasteiger partial charge in [-0.15, -0.1) is 0 Å². The summed E-state index contributed by atoms with van der Waals surface area (Å²) >= 11 is 0. The minimum Gasteiger partial charge on any atom is -0.310 e. The molecule has 0 spiro atoms. The van der Waals surface area contributed by atoms with Crippen LogP contribution >= 0.6 is 0 Å². The summed E-state index contributed by atoms with van der Waals surface area (Å²) in [6, 6.07) is 70.7. The number of hydrogen-bond acceptors (Lipinski definition) is 1. The number of hydrogen-bond donors (Lipinski definition) is 0. The quantitative estimate of drug-likeness (QED) is 0.125. The van der Waals surface area contributed by atoms with Crippen LogP contribution in [-0.2, 0) is 0 Å². The molecule has 54 heavy (non-hydrogen) atoms. The summed E-state index contributed by atoms with van der Waals surface area (Å²) < 4.78 is 2.41. The van der Waals surface area contributed by atoms with E-state index in [4.69, 9.17) is 0 Å². The van der Waals surface area contributed by atoms with Crippen LogP contribution in [0, 0.1) is 0 Å². The van der Waals surface area contributed by atoms with E-state index in [1.807, 2.05) is 0 Å². The Labute approximate surface area is 313 Å². The number of nitrogens with zero attached hydrogens (tertiary/aromatic N) is 2. The van der Waals surface area contributed by atoms with Crippen LogP contribution in [0.15, 0.2) is 194 Å². The maximum absolute atomic E-state index is 2.41. The molecule has 1 heterocycles. The normalized spacial score (nSPS) is 12.0. The van der Waals surface area contributed by atoms with Gasteiger partial charge in [0.05, 0.1) is 16.7 Å². The highest BCUT2D eigenvalue weighted by Gasteiger charge is 2.19. The van der Waals surface area contributed by atoms with Gasteiger partial charge in [0.25, 0.3) is 0 Å². The van der Waals surface area contributed by atoms with Crippen molar-refractivity contribution >= 4 is 94.1 Å². The van der Waals surface area contributed by atoms with Crippen LogP contribution in [0.4, 0.5) is 17.1 Å². The fourth-order valence-corrected chi connectivity index (χ4v) is 8.58. The van der Waals surface area contributed by atoms with Crippen molar-refractivity contribution in [1.29, 1.82) is 0 Å². The fraction of sp³-hybridized carbons (Fsp3) is 0. The average Bonchev–Trinajstić information content (AvgIpc) is 3.58. The van der Waals surface area contributed by atoms with Gasteiger partial charge in [-0.2, -0.15) is 0 Å². The number of fused-ring (bicyclic) bond motifs is 4. The summed E-state index contributed by atoms with van der Waals surface area (Å²) in [7, 11) is 0. The minimum absolute atomic E-state index is 1.13. The van der Waals surface area contributed by atoms with Crippen LogP contribution in [0.2, 0.25) is 0 Å². The first-order valence-corrected chi connectivity index (χ1v) is 18.6. The zero-order valence-corrected chi connectivity index (χ0v) is 29.5. The molecular formula is C52H34N2. The van der Waals surface area contributed by atoms with E-state index in [9.17, 15) is 0 Å². The molecule has 252 valence electrons. The first-order valence-electron chi connectivity index (χ1n) is 18.6. The molecular weight excluding hydrogens is 653 g/mol. The molecule has 11 rings (SSSR count). The highest BCUT2D eigenvalue weighted by Crippen LogP contribution is 2.43. The predicted molar refractivity (Wildman–Crippen MR) is 232 cm³/mol. The van der Waals surface area contributed by atoms with Crippen LogP contribution in [-0.4, -0.2) is 4.57 Å². The van der Waals surface area contributed by atoms with Gasteiger partial charge in [-0.3, -0.25) is 0 Å². The summed E-state index contributed by atoms with van der Waals surface area (Å²) in [5, 5.41) is 12.6. The molecule has 1 aromatic heterocycles. The van der Waals surface area contributed by atoms with E-state index in [2.05, 4.69) is 216 Å². The highest BCUT2D eigenvalue weighted by molar-refractivity contribution is 6.24. The van der Waals surface area contributed by atoms with E-state index >= 15 is 0 Å². The molecule has 10 aromatic carbocycles. The molecule has 2 nitrogen and oxygen atoms in total. The zero-order chi connectivity index (χ0) is 35.6. The molecule has 0 aliphatic heterocycles. The second-order valence-electron chi connectivity index (χ2n) is 14.2. The second kappa shape index (κ2) is 12.2. The van der Waals surface area contributed by atoms with Gasteiger partial charge in [-0.25, -0.2) is 0 Å². The molecule has 0 saturated heterocycles. The fourth-order valence-electron chi connectivity index (χ4n) is 8.58. The molecule has 0 fully saturated rings. The number of aromatic nitrogens is 1. The van der Waals surface area contributed by atoms with Crippen LogP contribution in [0.25, 0.3) is 82.7 Å². The lowest BCUT2D eigenvalue weighted by atomic mass is 9.98. The smallest absolute Gasteiger partial charge is 0.0553 e. The summed E-state index contributed by atoms with van der Waals surface area (Å²) in [5.74, 6) is 0. The summed E-state index contributed by atoms with van der Waals surface area (Å²) in [6.07, 6.45) is 4.50. The number of para-hydroxylation sites is 2. The van der Waals surface area contributed by atoms with E-state index in [-0.39, 0.29) is 0 Å². The molecule has 0 radical (unpaired) electrons. The van der Waals surface area contributed by atoms with Gasteiger partial charge in [-0.1, -0.05) is 140 Å². The van der Waals surface area contributed by atoms with Crippen molar-refractivity contribution in [3.63, 3.8) is 0 Å². The first kappa shape index (κ1) is 30.5. The Balaban J connectivity index is 0.997. The van der Waals surface area contributed by atoms with Crippen molar-refractivity contribution < 1.29 is 0 Å². The monoisotopic (exact) mass is 686 g/mol. The number of benzene rings is 10. The van der Waals surface area contributed by atoms with Gasteiger partial charge in [-0.05, 0) is 116 Å². The van der Waals surface area contributed by atoms with Crippen molar-refractivity contribution in [1.82, 2.24) is 4.57 Å². The van der Waals surface area contributed by atoms with E-state index < -0.39 is 0 Å². The SMILES string of the molecule is C(=C\c1cc2ccc3cccc4c3c2c(c1)n4-c1ccccc1)/c1ccc2cc(N(c3ccccc3)c3cc4ccccc4c4ccccc34)ccc2c1. The van der Waals surface area contributed by atoms with Crippen molar-refractivity contribution in [3.05, 3.63) is 205 Å². The third-order valence-corrected chi connectivity index (χ3v) is 11.0. The Morgan fingerprint density at radius 2 is 0.981 bits per heavy atom. The number of anilines is 3. The summed E-state index contributed by atoms with van der Waals surface area (Å²) in [5.41, 5.74) is 9.44. The van der Waals surface area contributed by atoms with Crippen LogP contribution in [0.5, 0.6) is 0 Å². The molecule has 2 heteroatoms. The first-order chi connectivity index (χ1) is 26.8.